The molecule has 0 aliphatic heterocycles. The summed E-state index contributed by atoms with van der Waals surface area (Å²) in [5.74, 6) is -3.17. The zero-order valence-electron chi connectivity index (χ0n) is 11.2. The summed E-state index contributed by atoms with van der Waals surface area (Å²) in [7, 11) is -1.04. The van der Waals surface area contributed by atoms with Crippen LogP contribution in [-0.4, -0.2) is 31.3 Å². The minimum atomic E-state index is -1.82. The number of carboxylic acid groups (broad SMARTS) is 2. The molecule has 0 spiro atoms. The molecule has 2 rings (SSSR count). The molecule has 0 aliphatic rings. The minimum Gasteiger partial charge on any atom is -0.473 e. The van der Waals surface area contributed by atoms with E-state index < -0.39 is 22.7 Å². The van der Waals surface area contributed by atoms with Crippen molar-refractivity contribution >= 4 is 34.3 Å². The van der Waals surface area contributed by atoms with Crippen LogP contribution in [-0.2, 0) is 26.1 Å². The number of pyridine rings is 1. The first-order valence-corrected chi connectivity index (χ1v) is 7.59. The molecule has 0 bridgehead atoms. The van der Waals surface area contributed by atoms with Crippen LogP contribution in [0.1, 0.15) is 5.56 Å². The van der Waals surface area contributed by atoms with Crippen LogP contribution in [0.25, 0.3) is 0 Å². The van der Waals surface area contributed by atoms with Gasteiger partial charge in [0.2, 0.25) is 0 Å². The Morgan fingerprint density at radius 3 is 2.14 bits per heavy atom. The fourth-order valence-corrected chi connectivity index (χ4v) is 2.51. The summed E-state index contributed by atoms with van der Waals surface area (Å²) in [6, 6.07) is 10.8. The molecular formula is C14H12ClNO5S. The topological polar surface area (TPSA) is 105 Å². The van der Waals surface area contributed by atoms with E-state index in [0.29, 0.717) is 10.8 Å². The molecule has 0 amide bonds. The van der Waals surface area contributed by atoms with E-state index in [0.717, 1.165) is 10.5 Å². The summed E-state index contributed by atoms with van der Waals surface area (Å²) in [6.07, 6.45) is 3.43. The highest BCUT2D eigenvalue weighted by atomic mass is 35.5. The van der Waals surface area contributed by atoms with Gasteiger partial charge in [0.15, 0.2) is 0 Å². The van der Waals surface area contributed by atoms with Gasteiger partial charge in [-0.2, -0.15) is 0 Å². The highest BCUT2D eigenvalue weighted by Gasteiger charge is 2.05. The van der Waals surface area contributed by atoms with E-state index >= 15 is 0 Å². The number of carbonyl (C=O) groups is 2. The first kappa shape index (κ1) is 17.8. The molecular weight excluding hydrogens is 330 g/mol. The Kier molecular flexibility index (Phi) is 7.21. The number of rotatable bonds is 3. The van der Waals surface area contributed by atoms with Gasteiger partial charge in [-0.15, -0.1) is 0 Å². The Morgan fingerprint density at radius 2 is 1.68 bits per heavy atom. The third-order valence-electron chi connectivity index (χ3n) is 2.28. The summed E-state index contributed by atoms with van der Waals surface area (Å²) >= 11 is 5.77. The molecule has 116 valence electrons. The first-order chi connectivity index (χ1) is 10.4. The lowest BCUT2D eigenvalue weighted by atomic mass is 10.3. The summed E-state index contributed by atoms with van der Waals surface area (Å²) in [5, 5.41) is 15.4. The van der Waals surface area contributed by atoms with E-state index in [1.54, 1.807) is 36.7 Å². The molecule has 0 saturated heterocycles. The number of aromatic nitrogens is 1. The maximum absolute atomic E-state index is 12.0. The lowest BCUT2D eigenvalue weighted by Crippen LogP contribution is -2.09. The monoisotopic (exact) mass is 341 g/mol. The average molecular weight is 342 g/mol. The van der Waals surface area contributed by atoms with Crippen molar-refractivity contribution in [1.82, 2.24) is 4.98 Å². The molecule has 0 radical (unpaired) electrons. The van der Waals surface area contributed by atoms with E-state index in [2.05, 4.69) is 4.98 Å². The molecule has 0 aliphatic carbocycles. The molecule has 1 aromatic carbocycles. The second-order valence-electron chi connectivity index (χ2n) is 3.92. The fourth-order valence-electron chi connectivity index (χ4n) is 1.30. The number of benzene rings is 1. The van der Waals surface area contributed by atoms with Crippen molar-refractivity contribution in [3.05, 3.63) is 59.4 Å². The van der Waals surface area contributed by atoms with Crippen LogP contribution >= 0.6 is 11.6 Å². The van der Waals surface area contributed by atoms with Crippen molar-refractivity contribution in [2.24, 2.45) is 0 Å². The van der Waals surface area contributed by atoms with Crippen molar-refractivity contribution in [1.29, 1.82) is 0 Å². The molecule has 8 heteroatoms. The molecule has 22 heavy (non-hydrogen) atoms. The van der Waals surface area contributed by atoms with E-state index in [1.807, 2.05) is 12.1 Å². The predicted octanol–water partition coefficient (Wildman–Crippen LogP) is 2.20. The van der Waals surface area contributed by atoms with E-state index in [1.165, 1.54) is 0 Å². The lowest BCUT2D eigenvalue weighted by Gasteiger charge is -2.02. The average Bonchev–Trinajstić information content (AvgIpc) is 2.49. The number of carboxylic acids is 2. The highest BCUT2D eigenvalue weighted by molar-refractivity contribution is 7.84. The zero-order chi connectivity index (χ0) is 16.5. The predicted molar refractivity (Wildman–Crippen MR) is 81.1 cm³/mol. The van der Waals surface area contributed by atoms with Gasteiger partial charge >= 0.3 is 11.9 Å². The molecule has 0 saturated carbocycles. The van der Waals surface area contributed by atoms with Crippen LogP contribution < -0.4 is 0 Å². The Labute approximate surface area is 133 Å². The quantitative estimate of drug-likeness (QED) is 0.829. The zero-order valence-corrected chi connectivity index (χ0v) is 12.8. The Bertz CT molecular complexity index is 649. The lowest BCUT2D eigenvalue weighted by molar-refractivity contribution is -0.159. The van der Waals surface area contributed by atoms with Crippen LogP contribution in [0.5, 0.6) is 0 Å². The van der Waals surface area contributed by atoms with Gasteiger partial charge in [-0.05, 0) is 35.9 Å². The highest BCUT2D eigenvalue weighted by Crippen LogP contribution is 2.15. The largest absolute Gasteiger partial charge is 0.473 e. The molecule has 6 nitrogen and oxygen atoms in total. The maximum atomic E-state index is 12.0. The number of aliphatic carboxylic acids is 2. The summed E-state index contributed by atoms with van der Waals surface area (Å²) in [4.78, 5) is 23.0. The van der Waals surface area contributed by atoms with Gasteiger partial charge in [0, 0.05) is 22.3 Å². The number of nitrogens with zero attached hydrogens (tertiary/aromatic N) is 1. The van der Waals surface area contributed by atoms with Crippen molar-refractivity contribution in [2.75, 3.05) is 0 Å². The van der Waals surface area contributed by atoms with Crippen LogP contribution in [0.3, 0.4) is 0 Å². The van der Waals surface area contributed by atoms with E-state index in [9.17, 15) is 4.21 Å². The third kappa shape index (κ3) is 6.47. The van der Waals surface area contributed by atoms with Gasteiger partial charge in [-0.3, -0.25) is 9.19 Å². The molecule has 0 fully saturated rings. The van der Waals surface area contributed by atoms with Crippen molar-refractivity contribution in [2.45, 2.75) is 10.6 Å². The van der Waals surface area contributed by atoms with Crippen LogP contribution in [0.15, 0.2) is 53.7 Å². The van der Waals surface area contributed by atoms with Crippen LogP contribution in [0, 0.1) is 0 Å². The Hall–Kier alpha value is -2.25. The molecule has 1 aromatic heterocycles. The first-order valence-electron chi connectivity index (χ1n) is 5.89. The standard InChI is InChI=1S/C12H10ClNOS.C2H2O4/c13-11-3-5-12(6-4-11)16(15)9-10-2-1-7-14-8-10;3-1(4)2(5)6/h1-8H,9H2;(H,3,4)(H,5,6). The summed E-state index contributed by atoms with van der Waals surface area (Å²) in [6.45, 7) is 0. The van der Waals surface area contributed by atoms with Crippen molar-refractivity contribution in [3.8, 4) is 0 Å². The smallest absolute Gasteiger partial charge is 0.414 e. The molecule has 1 atom stereocenters. The molecule has 2 N–H and O–H groups in total. The Balaban J connectivity index is 0.000000346. The van der Waals surface area contributed by atoms with E-state index in [4.69, 9.17) is 31.4 Å². The van der Waals surface area contributed by atoms with Crippen LogP contribution in [0.2, 0.25) is 5.02 Å². The van der Waals surface area contributed by atoms with Crippen LogP contribution in [0.4, 0.5) is 0 Å². The second kappa shape index (κ2) is 8.91. The number of hydrogen-bond donors (Lipinski definition) is 2. The van der Waals surface area contributed by atoms with Crippen molar-refractivity contribution < 1.29 is 24.0 Å². The number of hydrogen-bond acceptors (Lipinski definition) is 4. The normalized spacial score (nSPS) is 11.0. The summed E-state index contributed by atoms with van der Waals surface area (Å²) < 4.78 is 12.0. The summed E-state index contributed by atoms with van der Waals surface area (Å²) in [5.41, 5.74) is 0.968. The molecule has 2 aromatic rings. The third-order valence-corrected chi connectivity index (χ3v) is 3.93. The minimum absolute atomic E-state index is 0.482. The number of halogens is 1. The van der Waals surface area contributed by atoms with Crippen molar-refractivity contribution in [3.63, 3.8) is 0 Å². The van der Waals surface area contributed by atoms with Gasteiger partial charge in [-0.1, -0.05) is 17.7 Å². The molecule has 1 unspecified atom stereocenters. The van der Waals surface area contributed by atoms with E-state index in [-0.39, 0.29) is 0 Å². The Morgan fingerprint density at radius 1 is 1.09 bits per heavy atom. The van der Waals surface area contributed by atoms with Gasteiger partial charge in [-0.25, -0.2) is 9.59 Å². The van der Waals surface area contributed by atoms with Gasteiger partial charge < -0.3 is 10.2 Å². The SMILES string of the molecule is O=C(O)C(=O)O.O=S(Cc1cccnc1)c1ccc(Cl)cc1. The fraction of sp³-hybridized carbons (Fsp3) is 0.0714. The second-order valence-corrected chi connectivity index (χ2v) is 5.80. The maximum Gasteiger partial charge on any atom is 0.414 e. The van der Waals surface area contributed by atoms with Gasteiger partial charge in [0.05, 0.1) is 16.6 Å². The van der Waals surface area contributed by atoms with Gasteiger partial charge in [0.1, 0.15) is 0 Å². The van der Waals surface area contributed by atoms with Gasteiger partial charge in [0.25, 0.3) is 0 Å². The molecule has 1 heterocycles.